The first kappa shape index (κ1) is 14.7. The number of nitrogens with one attached hydrogen (secondary N) is 1. The minimum absolute atomic E-state index is 0.259. The molecular weight excluding hydrogens is 279 g/mol. The summed E-state index contributed by atoms with van der Waals surface area (Å²) < 4.78 is 38.4. The molecule has 3 nitrogen and oxygen atoms in total. The van der Waals surface area contributed by atoms with E-state index in [4.69, 9.17) is 11.0 Å². The SMILES string of the molecule is Cc1ccc(C#N)cc1Nc1ccc(N)c(C(F)(F)F)c1. The van der Waals surface area contributed by atoms with Gasteiger partial charge in [-0.2, -0.15) is 18.4 Å². The Labute approximate surface area is 119 Å². The molecule has 0 aliphatic carbocycles. The summed E-state index contributed by atoms with van der Waals surface area (Å²) in [4.78, 5) is 0. The molecule has 0 unspecified atom stereocenters. The minimum atomic E-state index is -4.51. The van der Waals surface area contributed by atoms with Gasteiger partial charge in [-0.1, -0.05) is 6.07 Å². The molecule has 0 heterocycles. The van der Waals surface area contributed by atoms with Crippen LogP contribution in [0, 0.1) is 18.3 Å². The van der Waals surface area contributed by atoms with Crippen LogP contribution in [0.25, 0.3) is 0 Å². The fourth-order valence-electron chi connectivity index (χ4n) is 1.86. The van der Waals surface area contributed by atoms with Gasteiger partial charge in [-0.15, -0.1) is 0 Å². The van der Waals surface area contributed by atoms with Crippen molar-refractivity contribution in [2.45, 2.75) is 13.1 Å². The summed E-state index contributed by atoms with van der Waals surface area (Å²) in [5, 5.41) is 11.7. The monoisotopic (exact) mass is 291 g/mol. The summed E-state index contributed by atoms with van der Waals surface area (Å²) in [6.07, 6.45) is -4.51. The third-order valence-electron chi connectivity index (χ3n) is 3.00. The number of aryl methyl sites for hydroxylation is 1. The molecule has 108 valence electrons. The standard InChI is InChI=1S/C15H12F3N3/c1-9-2-3-10(8-19)6-14(9)21-11-4-5-13(20)12(7-11)15(16,17)18/h2-7,21H,20H2,1H3. The van der Waals surface area contributed by atoms with Crippen molar-refractivity contribution in [3.63, 3.8) is 0 Å². The average molecular weight is 291 g/mol. The van der Waals surface area contributed by atoms with Crippen molar-refractivity contribution in [3.8, 4) is 6.07 Å². The van der Waals surface area contributed by atoms with Crippen LogP contribution < -0.4 is 11.1 Å². The van der Waals surface area contributed by atoms with E-state index in [2.05, 4.69) is 5.32 Å². The predicted octanol–water partition coefficient (Wildman–Crippen LogP) is 4.21. The van der Waals surface area contributed by atoms with E-state index in [0.29, 0.717) is 11.3 Å². The number of hydrogen-bond acceptors (Lipinski definition) is 3. The highest BCUT2D eigenvalue weighted by Crippen LogP contribution is 2.36. The zero-order chi connectivity index (χ0) is 15.6. The van der Waals surface area contributed by atoms with Gasteiger partial charge in [0, 0.05) is 17.1 Å². The molecule has 6 heteroatoms. The third-order valence-corrected chi connectivity index (χ3v) is 3.00. The van der Waals surface area contributed by atoms with Gasteiger partial charge in [0.25, 0.3) is 0 Å². The highest BCUT2D eigenvalue weighted by atomic mass is 19.4. The number of alkyl halides is 3. The normalized spacial score (nSPS) is 11.0. The number of halogens is 3. The van der Waals surface area contributed by atoms with Gasteiger partial charge in [0.2, 0.25) is 0 Å². The van der Waals surface area contributed by atoms with Crippen LogP contribution in [-0.2, 0) is 6.18 Å². The second-order valence-electron chi connectivity index (χ2n) is 4.57. The van der Waals surface area contributed by atoms with Crippen LogP contribution in [0.1, 0.15) is 16.7 Å². The summed E-state index contributed by atoms with van der Waals surface area (Å²) >= 11 is 0. The molecule has 0 saturated carbocycles. The number of nitrogens with zero attached hydrogens (tertiary/aromatic N) is 1. The van der Waals surface area contributed by atoms with Gasteiger partial charge in [0.15, 0.2) is 0 Å². The molecule has 0 aromatic heterocycles. The van der Waals surface area contributed by atoms with Crippen LogP contribution in [0.5, 0.6) is 0 Å². The number of anilines is 3. The Hall–Kier alpha value is -2.68. The van der Waals surface area contributed by atoms with E-state index in [0.717, 1.165) is 11.6 Å². The van der Waals surface area contributed by atoms with Crippen molar-refractivity contribution >= 4 is 17.1 Å². The molecule has 2 aromatic carbocycles. The maximum Gasteiger partial charge on any atom is 0.418 e. The van der Waals surface area contributed by atoms with Gasteiger partial charge in [0.05, 0.1) is 17.2 Å². The van der Waals surface area contributed by atoms with Crippen LogP contribution in [0.15, 0.2) is 36.4 Å². The third kappa shape index (κ3) is 3.26. The zero-order valence-corrected chi connectivity index (χ0v) is 11.1. The zero-order valence-electron chi connectivity index (χ0n) is 11.1. The average Bonchev–Trinajstić information content (AvgIpc) is 2.42. The number of rotatable bonds is 2. The molecule has 2 aromatic rings. The molecule has 0 spiro atoms. The molecule has 0 bridgehead atoms. The van der Waals surface area contributed by atoms with E-state index in [1.807, 2.05) is 6.07 Å². The van der Waals surface area contributed by atoms with Crippen LogP contribution in [0.3, 0.4) is 0 Å². The number of nitriles is 1. The molecule has 0 saturated heterocycles. The molecular formula is C15H12F3N3. The first-order valence-corrected chi connectivity index (χ1v) is 6.06. The lowest BCUT2D eigenvalue weighted by Crippen LogP contribution is -2.09. The lowest BCUT2D eigenvalue weighted by molar-refractivity contribution is -0.136. The molecule has 0 atom stereocenters. The van der Waals surface area contributed by atoms with E-state index < -0.39 is 11.7 Å². The molecule has 21 heavy (non-hydrogen) atoms. The van der Waals surface area contributed by atoms with Crippen LogP contribution >= 0.6 is 0 Å². The number of nitrogen functional groups attached to an aromatic ring is 1. The van der Waals surface area contributed by atoms with Crippen molar-refractivity contribution in [1.82, 2.24) is 0 Å². The van der Waals surface area contributed by atoms with Crippen LogP contribution in [0.2, 0.25) is 0 Å². The highest BCUT2D eigenvalue weighted by Gasteiger charge is 2.33. The molecule has 0 amide bonds. The summed E-state index contributed by atoms with van der Waals surface area (Å²) in [5.74, 6) is 0. The van der Waals surface area contributed by atoms with E-state index in [-0.39, 0.29) is 11.4 Å². The Kier molecular flexibility index (Phi) is 3.76. The molecule has 3 N–H and O–H groups in total. The van der Waals surface area contributed by atoms with Crippen LogP contribution in [0.4, 0.5) is 30.2 Å². The lowest BCUT2D eigenvalue weighted by atomic mass is 10.1. The van der Waals surface area contributed by atoms with Crippen LogP contribution in [-0.4, -0.2) is 0 Å². The second kappa shape index (κ2) is 5.37. The minimum Gasteiger partial charge on any atom is -0.398 e. The quantitative estimate of drug-likeness (QED) is 0.815. The van der Waals surface area contributed by atoms with Gasteiger partial charge < -0.3 is 11.1 Å². The highest BCUT2D eigenvalue weighted by molar-refractivity contribution is 5.68. The fraction of sp³-hybridized carbons (Fsp3) is 0.133. The van der Waals surface area contributed by atoms with Crippen molar-refractivity contribution in [1.29, 1.82) is 5.26 Å². The summed E-state index contributed by atoms with van der Waals surface area (Å²) in [6, 6.07) is 10.6. The van der Waals surface area contributed by atoms with Gasteiger partial charge in [0.1, 0.15) is 0 Å². The van der Waals surface area contributed by atoms with E-state index in [1.165, 1.54) is 12.1 Å². The van der Waals surface area contributed by atoms with Gasteiger partial charge in [-0.25, -0.2) is 0 Å². The largest absolute Gasteiger partial charge is 0.418 e. The maximum atomic E-state index is 12.8. The van der Waals surface area contributed by atoms with Crippen molar-refractivity contribution in [2.24, 2.45) is 0 Å². The topological polar surface area (TPSA) is 61.8 Å². The van der Waals surface area contributed by atoms with E-state index in [9.17, 15) is 13.2 Å². The predicted molar refractivity (Wildman–Crippen MR) is 75.0 cm³/mol. The van der Waals surface area contributed by atoms with Crippen molar-refractivity contribution in [3.05, 3.63) is 53.1 Å². The Morgan fingerprint density at radius 1 is 1.14 bits per heavy atom. The van der Waals surface area contributed by atoms with Gasteiger partial charge in [-0.05, 0) is 42.8 Å². The Morgan fingerprint density at radius 2 is 1.86 bits per heavy atom. The van der Waals surface area contributed by atoms with E-state index in [1.54, 1.807) is 25.1 Å². The summed E-state index contributed by atoms with van der Waals surface area (Å²) in [7, 11) is 0. The van der Waals surface area contributed by atoms with Crippen molar-refractivity contribution < 1.29 is 13.2 Å². The Bertz CT molecular complexity index is 715. The molecule has 0 radical (unpaired) electrons. The number of benzene rings is 2. The summed E-state index contributed by atoms with van der Waals surface area (Å²) in [6.45, 7) is 1.80. The number of nitrogens with two attached hydrogens (primary N) is 1. The van der Waals surface area contributed by atoms with E-state index >= 15 is 0 Å². The first-order chi connectivity index (χ1) is 9.81. The molecule has 2 rings (SSSR count). The Balaban J connectivity index is 2.39. The number of hydrogen-bond donors (Lipinski definition) is 2. The Morgan fingerprint density at radius 3 is 2.48 bits per heavy atom. The van der Waals surface area contributed by atoms with Gasteiger partial charge >= 0.3 is 6.18 Å². The smallest absolute Gasteiger partial charge is 0.398 e. The van der Waals surface area contributed by atoms with Crippen molar-refractivity contribution in [2.75, 3.05) is 11.1 Å². The lowest BCUT2D eigenvalue weighted by Gasteiger charge is -2.14. The molecule has 0 fully saturated rings. The van der Waals surface area contributed by atoms with Gasteiger partial charge in [-0.3, -0.25) is 0 Å². The first-order valence-electron chi connectivity index (χ1n) is 6.06. The fourth-order valence-corrected chi connectivity index (χ4v) is 1.86. The summed E-state index contributed by atoms with van der Waals surface area (Å²) in [5.41, 5.74) is 6.22. The molecule has 0 aliphatic heterocycles. The molecule has 0 aliphatic rings. The maximum absolute atomic E-state index is 12.8. The second-order valence-corrected chi connectivity index (χ2v) is 4.57.